The quantitative estimate of drug-likeness (QED) is 0.194. The second-order valence-electron chi connectivity index (χ2n) is 6.70. The van der Waals surface area contributed by atoms with Crippen molar-refractivity contribution in [3.05, 3.63) is 47.7 Å². The Balaban J connectivity index is 0.00000280. The van der Waals surface area contributed by atoms with Crippen LogP contribution in [0.5, 0.6) is 0 Å². The van der Waals surface area contributed by atoms with Crippen molar-refractivity contribution in [2.75, 3.05) is 13.1 Å². The van der Waals surface area contributed by atoms with E-state index in [9.17, 15) is 0 Å². The third kappa shape index (κ3) is 5.70. The number of nitrogens with one attached hydrogen (secondary N) is 3. The Labute approximate surface area is 183 Å². The van der Waals surface area contributed by atoms with Gasteiger partial charge >= 0.3 is 0 Å². The molecule has 2 aromatic heterocycles. The number of guanidine groups is 1. The van der Waals surface area contributed by atoms with Crippen LogP contribution in [0.1, 0.15) is 37.0 Å². The molecule has 0 aliphatic carbocycles. The van der Waals surface area contributed by atoms with Gasteiger partial charge in [0.05, 0.1) is 0 Å². The first kappa shape index (κ1) is 22.2. The van der Waals surface area contributed by atoms with Gasteiger partial charge in [-0.2, -0.15) is 0 Å². The topological polar surface area (TPSA) is 82.9 Å². The van der Waals surface area contributed by atoms with Gasteiger partial charge in [0.1, 0.15) is 12.4 Å². The predicted molar refractivity (Wildman–Crippen MR) is 125 cm³/mol. The van der Waals surface area contributed by atoms with Crippen molar-refractivity contribution in [2.45, 2.75) is 39.7 Å². The van der Waals surface area contributed by atoms with Gasteiger partial charge in [-0.3, -0.25) is 0 Å². The number of unbranched alkanes of at least 4 members (excludes halogenated alkanes) is 1. The first-order valence-corrected chi connectivity index (χ1v) is 9.61. The van der Waals surface area contributed by atoms with E-state index in [-0.39, 0.29) is 24.0 Å². The van der Waals surface area contributed by atoms with E-state index in [1.165, 1.54) is 16.5 Å². The first-order chi connectivity index (χ1) is 13.2. The molecule has 2 heterocycles. The molecule has 0 fully saturated rings. The van der Waals surface area contributed by atoms with Crippen molar-refractivity contribution in [1.82, 2.24) is 30.4 Å². The standard InChI is InChI=1S/C20H29N7.HI/c1-4-5-11-21-20(24-14-19-26-25-15(2)27(19)3)22-12-10-16-13-23-18-9-7-6-8-17(16)18;/h6-9,13,23H,4-5,10-12,14H2,1-3H3,(H2,21,22,24);1H. The Kier molecular flexibility index (Phi) is 8.75. The van der Waals surface area contributed by atoms with Gasteiger partial charge in [-0.25, -0.2) is 4.99 Å². The number of hydrogen-bond acceptors (Lipinski definition) is 3. The van der Waals surface area contributed by atoms with Gasteiger partial charge in [0, 0.05) is 37.2 Å². The largest absolute Gasteiger partial charge is 0.361 e. The van der Waals surface area contributed by atoms with E-state index in [1.54, 1.807) is 0 Å². The highest BCUT2D eigenvalue weighted by molar-refractivity contribution is 14.0. The Bertz CT molecular complexity index is 897. The van der Waals surface area contributed by atoms with E-state index in [0.29, 0.717) is 6.54 Å². The minimum Gasteiger partial charge on any atom is -0.361 e. The minimum absolute atomic E-state index is 0. The summed E-state index contributed by atoms with van der Waals surface area (Å²) in [4.78, 5) is 8.02. The van der Waals surface area contributed by atoms with Crippen molar-refractivity contribution in [3.8, 4) is 0 Å². The molecule has 1 aromatic carbocycles. The summed E-state index contributed by atoms with van der Waals surface area (Å²) in [6, 6.07) is 8.40. The monoisotopic (exact) mass is 495 g/mol. The molecule has 0 spiro atoms. The maximum absolute atomic E-state index is 4.68. The molecule has 3 aromatic rings. The predicted octanol–water partition coefficient (Wildman–Crippen LogP) is 3.30. The SMILES string of the molecule is CCCCNC(=NCc1nnc(C)n1C)NCCc1c[nH]c2ccccc12.I. The lowest BCUT2D eigenvalue weighted by atomic mass is 10.1. The Morgan fingerprint density at radius 3 is 2.71 bits per heavy atom. The van der Waals surface area contributed by atoms with Crippen molar-refractivity contribution < 1.29 is 0 Å². The lowest BCUT2D eigenvalue weighted by Gasteiger charge is -2.12. The number of H-pyrrole nitrogens is 1. The van der Waals surface area contributed by atoms with Crippen molar-refractivity contribution in [3.63, 3.8) is 0 Å². The first-order valence-electron chi connectivity index (χ1n) is 9.61. The summed E-state index contributed by atoms with van der Waals surface area (Å²) in [7, 11) is 1.97. The Morgan fingerprint density at radius 2 is 1.96 bits per heavy atom. The van der Waals surface area contributed by atoms with Crippen LogP contribution in [0.4, 0.5) is 0 Å². The Hall–Kier alpha value is -2.10. The van der Waals surface area contributed by atoms with Gasteiger partial charge in [-0.05, 0) is 31.4 Å². The third-order valence-corrected chi connectivity index (χ3v) is 4.75. The van der Waals surface area contributed by atoms with Crippen LogP contribution in [-0.2, 0) is 20.0 Å². The summed E-state index contributed by atoms with van der Waals surface area (Å²) in [6.07, 6.45) is 5.29. The number of nitrogens with zero attached hydrogens (tertiary/aromatic N) is 4. The molecule has 0 bridgehead atoms. The molecular weight excluding hydrogens is 465 g/mol. The highest BCUT2D eigenvalue weighted by atomic mass is 127. The van der Waals surface area contributed by atoms with Gasteiger partial charge in [0.25, 0.3) is 0 Å². The van der Waals surface area contributed by atoms with Crippen LogP contribution >= 0.6 is 24.0 Å². The highest BCUT2D eigenvalue weighted by Crippen LogP contribution is 2.17. The van der Waals surface area contributed by atoms with Gasteiger partial charge in [0.15, 0.2) is 11.8 Å². The number of aromatic nitrogens is 4. The summed E-state index contributed by atoms with van der Waals surface area (Å²) in [5.41, 5.74) is 2.50. The minimum atomic E-state index is 0. The molecule has 0 radical (unpaired) electrons. The molecular formula is C20H30IN7. The number of hydrogen-bond donors (Lipinski definition) is 3. The molecule has 152 valence electrons. The zero-order valence-electron chi connectivity index (χ0n) is 16.8. The van der Waals surface area contributed by atoms with E-state index in [2.05, 4.69) is 68.2 Å². The van der Waals surface area contributed by atoms with Gasteiger partial charge in [0.2, 0.25) is 0 Å². The number of benzene rings is 1. The van der Waals surface area contributed by atoms with Crippen molar-refractivity contribution in [2.24, 2.45) is 12.0 Å². The van der Waals surface area contributed by atoms with Gasteiger partial charge in [-0.1, -0.05) is 31.5 Å². The second kappa shape index (κ2) is 11.0. The number of halogens is 1. The fraction of sp³-hybridized carbons (Fsp3) is 0.450. The van der Waals surface area contributed by atoms with Gasteiger partial charge in [-0.15, -0.1) is 34.2 Å². The number of rotatable bonds is 8. The van der Waals surface area contributed by atoms with Gasteiger partial charge < -0.3 is 20.2 Å². The lowest BCUT2D eigenvalue weighted by Crippen LogP contribution is -2.39. The van der Waals surface area contributed by atoms with Crippen LogP contribution in [0.25, 0.3) is 10.9 Å². The number of fused-ring (bicyclic) bond motifs is 1. The zero-order chi connectivity index (χ0) is 19.1. The molecule has 0 aliphatic heterocycles. The number of aryl methyl sites for hydroxylation is 1. The van der Waals surface area contributed by atoms with Crippen LogP contribution in [-0.4, -0.2) is 38.8 Å². The molecule has 3 N–H and O–H groups in total. The van der Waals surface area contributed by atoms with Crippen LogP contribution in [0.15, 0.2) is 35.5 Å². The van der Waals surface area contributed by atoms with E-state index in [1.807, 2.05) is 18.5 Å². The average molecular weight is 495 g/mol. The smallest absolute Gasteiger partial charge is 0.191 e. The molecule has 7 nitrogen and oxygen atoms in total. The summed E-state index contributed by atoms with van der Waals surface area (Å²) < 4.78 is 1.97. The molecule has 0 saturated heterocycles. The second-order valence-corrected chi connectivity index (χ2v) is 6.70. The number of aromatic amines is 1. The van der Waals surface area contributed by atoms with E-state index in [0.717, 1.165) is 50.0 Å². The molecule has 0 unspecified atom stereocenters. The molecule has 28 heavy (non-hydrogen) atoms. The highest BCUT2D eigenvalue weighted by Gasteiger charge is 2.06. The van der Waals surface area contributed by atoms with Crippen molar-refractivity contribution >= 4 is 40.8 Å². The van der Waals surface area contributed by atoms with Crippen LogP contribution in [0.2, 0.25) is 0 Å². The molecule has 0 amide bonds. The fourth-order valence-corrected chi connectivity index (χ4v) is 2.95. The number of aliphatic imine (C=N–C) groups is 1. The summed E-state index contributed by atoms with van der Waals surface area (Å²) in [5.74, 6) is 2.58. The van der Waals surface area contributed by atoms with E-state index in [4.69, 9.17) is 0 Å². The maximum Gasteiger partial charge on any atom is 0.191 e. The zero-order valence-corrected chi connectivity index (χ0v) is 19.2. The lowest BCUT2D eigenvalue weighted by molar-refractivity contribution is 0.714. The maximum atomic E-state index is 4.68. The molecule has 8 heteroatoms. The molecule has 0 aliphatic rings. The average Bonchev–Trinajstić information content (AvgIpc) is 3.24. The summed E-state index contributed by atoms with van der Waals surface area (Å²) >= 11 is 0. The van der Waals surface area contributed by atoms with Crippen molar-refractivity contribution in [1.29, 1.82) is 0 Å². The Morgan fingerprint density at radius 1 is 1.18 bits per heavy atom. The number of para-hydroxylation sites is 1. The summed E-state index contributed by atoms with van der Waals surface area (Å²) in [5, 5.41) is 16.4. The molecule has 3 rings (SSSR count). The summed E-state index contributed by atoms with van der Waals surface area (Å²) in [6.45, 7) is 6.36. The molecule has 0 saturated carbocycles. The van der Waals surface area contributed by atoms with Crippen LogP contribution in [0.3, 0.4) is 0 Å². The van der Waals surface area contributed by atoms with E-state index >= 15 is 0 Å². The van der Waals surface area contributed by atoms with E-state index < -0.39 is 0 Å². The van der Waals surface area contributed by atoms with Crippen LogP contribution < -0.4 is 10.6 Å². The normalized spacial score (nSPS) is 11.5. The molecule has 0 atom stereocenters. The third-order valence-electron chi connectivity index (χ3n) is 4.75. The van der Waals surface area contributed by atoms with Crippen LogP contribution in [0, 0.1) is 6.92 Å². The fourth-order valence-electron chi connectivity index (χ4n) is 2.95.